The molecule has 0 bridgehead atoms. The van der Waals surface area contributed by atoms with E-state index in [9.17, 15) is 9.59 Å². The number of aromatic nitrogens is 2. The highest BCUT2D eigenvalue weighted by atomic mass is 32.2. The molecule has 1 rings (SSSR count). The highest BCUT2D eigenvalue weighted by Crippen LogP contribution is 2.14. The fourth-order valence-corrected chi connectivity index (χ4v) is 1.34. The van der Waals surface area contributed by atoms with Gasteiger partial charge in [0.05, 0.1) is 12.3 Å². The summed E-state index contributed by atoms with van der Waals surface area (Å²) in [5.74, 6) is -0.346. The fourth-order valence-electron chi connectivity index (χ4n) is 0.701. The lowest BCUT2D eigenvalue weighted by atomic mass is 10.6. The first-order chi connectivity index (χ1) is 7.08. The molecule has 0 spiro atoms. The predicted molar refractivity (Wildman–Crippen MR) is 52.0 cm³/mol. The Kier molecular flexibility index (Phi) is 4.10. The molecule has 0 aliphatic rings. The number of nitrogens with zero attached hydrogens (tertiary/aromatic N) is 2. The maximum absolute atomic E-state index is 11.1. The van der Waals surface area contributed by atoms with Crippen LogP contribution in [-0.2, 0) is 9.59 Å². The lowest BCUT2D eigenvalue weighted by Crippen LogP contribution is -2.34. The molecular formula is C7H10N4O3S. The van der Waals surface area contributed by atoms with Gasteiger partial charge >= 0.3 is 0 Å². The van der Waals surface area contributed by atoms with Gasteiger partial charge in [-0.3, -0.25) is 9.59 Å². The lowest BCUT2D eigenvalue weighted by molar-refractivity contribution is -0.123. The predicted octanol–water partition coefficient (Wildman–Crippen LogP) is -0.928. The summed E-state index contributed by atoms with van der Waals surface area (Å²) in [7, 11) is 0. The summed E-state index contributed by atoms with van der Waals surface area (Å²) in [5, 5.41) is 9.94. The van der Waals surface area contributed by atoms with Crippen LogP contribution in [0, 0.1) is 6.92 Å². The second-order valence-corrected chi connectivity index (χ2v) is 3.55. The smallest absolute Gasteiger partial charge is 0.277 e. The molecule has 2 amide bonds. The summed E-state index contributed by atoms with van der Waals surface area (Å²) in [6.07, 6.45) is 0. The van der Waals surface area contributed by atoms with Crippen molar-refractivity contribution < 1.29 is 14.0 Å². The number of carbonyl (C=O) groups is 2. The van der Waals surface area contributed by atoms with Crippen LogP contribution in [0.3, 0.4) is 0 Å². The van der Waals surface area contributed by atoms with E-state index in [1.54, 1.807) is 6.92 Å². The Hall–Kier alpha value is -1.57. The zero-order chi connectivity index (χ0) is 11.3. The van der Waals surface area contributed by atoms with Crippen molar-refractivity contribution in [3.05, 3.63) is 5.89 Å². The van der Waals surface area contributed by atoms with E-state index < -0.39 is 5.91 Å². The van der Waals surface area contributed by atoms with Gasteiger partial charge in [-0.25, -0.2) is 0 Å². The van der Waals surface area contributed by atoms with E-state index in [-0.39, 0.29) is 18.2 Å². The number of carbonyl (C=O) groups excluding carboxylic acids is 2. The summed E-state index contributed by atoms with van der Waals surface area (Å²) < 4.78 is 5.03. The molecule has 0 saturated heterocycles. The van der Waals surface area contributed by atoms with E-state index in [4.69, 9.17) is 10.2 Å². The number of thioether (sulfide) groups is 1. The maximum Gasteiger partial charge on any atom is 0.277 e. The number of aryl methyl sites for hydroxylation is 1. The summed E-state index contributed by atoms with van der Waals surface area (Å²) in [6, 6.07) is 0. The first kappa shape index (κ1) is 11.5. The standard InChI is InChI=1S/C7H10N4O3S/c1-4-10-11-7(14-4)15-3-6(13)9-2-5(8)12/h2-3H2,1H3,(H2,8,12)(H,9,13). The van der Waals surface area contributed by atoms with E-state index >= 15 is 0 Å². The zero-order valence-electron chi connectivity index (χ0n) is 8.02. The van der Waals surface area contributed by atoms with Crippen molar-refractivity contribution in [2.24, 2.45) is 5.73 Å². The summed E-state index contributed by atoms with van der Waals surface area (Å²) in [4.78, 5) is 21.4. The van der Waals surface area contributed by atoms with Crippen molar-refractivity contribution in [1.29, 1.82) is 0 Å². The Morgan fingerprint density at radius 1 is 1.53 bits per heavy atom. The number of hydrogen-bond donors (Lipinski definition) is 2. The molecule has 0 aliphatic heterocycles. The minimum absolute atomic E-state index is 0.106. The number of rotatable bonds is 5. The third-order valence-electron chi connectivity index (χ3n) is 1.29. The van der Waals surface area contributed by atoms with Crippen molar-refractivity contribution in [1.82, 2.24) is 15.5 Å². The summed E-state index contributed by atoms with van der Waals surface area (Å²) in [5.41, 5.74) is 4.85. The molecule has 7 nitrogen and oxygen atoms in total. The van der Waals surface area contributed by atoms with Crippen molar-refractivity contribution >= 4 is 23.6 Å². The van der Waals surface area contributed by atoms with Gasteiger partial charge in [0.2, 0.25) is 17.7 Å². The second-order valence-electron chi connectivity index (χ2n) is 2.62. The normalized spacial score (nSPS) is 9.93. The summed E-state index contributed by atoms with van der Waals surface area (Å²) >= 11 is 1.10. The highest BCUT2D eigenvalue weighted by Gasteiger charge is 2.07. The molecule has 8 heteroatoms. The number of hydrogen-bond acceptors (Lipinski definition) is 6. The van der Waals surface area contributed by atoms with E-state index in [1.165, 1.54) is 0 Å². The van der Waals surface area contributed by atoms with Crippen LogP contribution >= 0.6 is 11.8 Å². The Balaban J connectivity index is 2.25. The molecule has 0 unspecified atom stereocenters. The first-order valence-electron chi connectivity index (χ1n) is 4.06. The number of nitrogens with two attached hydrogens (primary N) is 1. The maximum atomic E-state index is 11.1. The topological polar surface area (TPSA) is 111 Å². The summed E-state index contributed by atoms with van der Waals surface area (Å²) in [6.45, 7) is 1.49. The van der Waals surface area contributed by atoms with Gasteiger partial charge in [0.25, 0.3) is 5.22 Å². The molecule has 82 valence electrons. The van der Waals surface area contributed by atoms with Crippen LogP contribution in [0.5, 0.6) is 0 Å². The average Bonchev–Trinajstić information content (AvgIpc) is 2.58. The quantitative estimate of drug-likeness (QED) is 0.632. The molecule has 3 N–H and O–H groups in total. The van der Waals surface area contributed by atoms with Crippen LogP contribution in [0.2, 0.25) is 0 Å². The van der Waals surface area contributed by atoms with Crippen LogP contribution in [0.15, 0.2) is 9.64 Å². The lowest BCUT2D eigenvalue weighted by Gasteiger charge is -1.99. The van der Waals surface area contributed by atoms with Crippen molar-refractivity contribution in [2.75, 3.05) is 12.3 Å². The van der Waals surface area contributed by atoms with Gasteiger partial charge in [-0.05, 0) is 0 Å². The molecule has 1 heterocycles. The minimum atomic E-state index is -0.581. The molecule has 0 saturated carbocycles. The highest BCUT2D eigenvalue weighted by molar-refractivity contribution is 7.99. The van der Waals surface area contributed by atoms with E-state index in [1.807, 2.05) is 0 Å². The van der Waals surface area contributed by atoms with Gasteiger partial charge in [0.1, 0.15) is 0 Å². The molecule has 0 fully saturated rings. The van der Waals surface area contributed by atoms with Gasteiger partial charge in [-0.15, -0.1) is 10.2 Å². The Morgan fingerprint density at radius 3 is 2.80 bits per heavy atom. The van der Waals surface area contributed by atoms with Gasteiger partial charge in [0.15, 0.2) is 0 Å². The first-order valence-corrected chi connectivity index (χ1v) is 5.04. The van der Waals surface area contributed by atoms with Crippen molar-refractivity contribution in [3.8, 4) is 0 Å². The SMILES string of the molecule is Cc1nnc(SCC(=O)NCC(N)=O)o1. The molecule has 1 aromatic rings. The third kappa shape index (κ3) is 4.45. The third-order valence-corrected chi connectivity index (χ3v) is 2.11. The van der Waals surface area contributed by atoms with Crippen LogP contribution in [0.1, 0.15) is 5.89 Å². The van der Waals surface area contributed by atoms with Gasteiger partial charge in [-0.2, -0.15) is 0 Å². The fraction of sp³-hybridized carbons (Fsp3) is 0.429. The molecule has 1 aromatic heterocycles. The monoisotopic (exact) mass is 230 g/mol. The van der Waals surface area contributed by atoms with Crippen molar-refractivity contribution in [2.45, 2.75) is 12.1 Å². The average molecular weight is 230 g/mol. The van der Waals surface area contributed by atoms with E-state index in [0.29, 0.717) is 11.1 Å². The molecular weight excluding hydrogens is 220 g/mol. The minimum Gasteiger partial charge on any atom is -0.416 e. The molecule has 15 heavy (non-hydrogen) atoms. The number of nitrogens with one attached hydrogen (secondary N) is 1. The molecule has 0 aromatic carbocycles. The number of primary amides is 1. The van der Waals surface area contributed by atoms with Gasteiger partial charge < -0.3 is 15.5 Å². The van der Waals surface area contributed by atoms with E-state index in [2.05, 4.69) is 15.5 Å². The molecule has 0 radical (unpaired) electrons. The van der Waals surface area contributed by atoms with Gasteiger partial charge in [0, 0.05) is 6.92 Å². The largest absolute Gasteiger partial charge is 0.416 e. The van der Waals surface area contributed by atoms with Crippen LogP contribution in [0.4, 0.5) is 0 Å². The van der Waals surface area contributed by atoms with E-state index in [0.717, 1.165) is 11.8 Å². The second kappa shape index (κ2) is 5.35. The molecule has 0 aliphatic carbocycles. The Labute approximate surface area is 89.8 Å². The molecule has 0 atom stereocenters. The Bertz CT molecular complexity index is 365. The zero-order valence-corrected chi connectivity index (χ0v) is 8.84. The van der Waals surface area contributed by atoms with Gasteiger partial charge in [-0.1, -0.05) is 11.8 Å². The Morgan fingerprint density at radius 2 is 2.27 bits per heavy atom. The van der Waals surface area contributed by atoms with Crippen LogP contribution in [-0.4, -0.2) is 34.3 Å². The van der Waals surface area contributed by atoms with Crippen molar-refractivity contribution in [3.63, 3.8) is 0 Å². The van der Waals surface area contributed by atoms with Crippen LogP contribution < -0.4 is 11.1 Å². The van der Waals surface area contributed by atoms with Crippen LogP contribution in [0.25, 0.3) is 0 Å². The number of amides is 2.